The number of aliphatic carboxylic acids is 1. The highest BCUT2D eigenvalue weighted by Gasteiger charge is 2.57. The molecule has 9 heteroatoms. The van der Waals surface area contributed by atoms with Gasteiger partial charge in [-0.1, -0.05) is 19.7 Å². The second-order valence-electron chi connectivity index (χ2n) is 14.0. The van der Waals surface area contributed by atoms with E-state index in [4.69, 9.17) is 24.6 Å². The van der Waals surface area contributed by atoms with Crippen LogP contribution in [0.3, 0.4) is 0 Å². The molecule has 6 bridgehead atoms. The minimum Gasteiger partial charge on any atom is -0.478 e. The molecule has 7 rings (SSSR count). The van der Waals surface area contributed by atoms with Gasteiger partial charge in [0.25, 0.3) is 0 Å². The molecule has 7 aliphatic rings. The largest absolute Gasteiger partial charge is 0.478 e. The van der Waals surface area contributed by atoms with Gasteiger partial charge in [0, 0.05) is 16.7 Å². The summed E-state index contributed by atoms with van der Waals surface area (Å²) in [6.07, 6.45) is 12.8. The van der Waals surface area contributed by atoms with Crippen molar-refractivity contribution in [1.29, 1.82) is 5.26 Å². The van der Waals surface area contributed by atoms with Crippen LogP contribution in [0.5, 0.6) is 0 Å². The fourth-order valence-corrected chi connectivity index (χ4v) is 8.24. The summed E-state index contributed by atoms with van der Waals surface area (Å²) >= 11 is 0. The van der Waals surface area contributed by atoms with Gasteiger partial charge in [0.05, 0.1) is 18.9 Å². The molecule has 4 atom stereocenters. The third kappa shape index (κ3) is 7.99. The maximum atomic E-state index is 12.5. The first-order valence-corrected chi connectivity index (χ1v) is 16.0. The number of nitrogens with zero attached hydrogens (tertiary/aromatic N) is 1. The van der Waals surface area contributed by atoms with E-state index in [-0.39, 0.29) is 53.3 Å². The lowest BCUT2D eigenvalue weighted by Gasteiger charge is -2.59. The van der Waals surface area contributed by atoms with Gasteiger partial charge < -0.3 is 19.3 Å². The number of esters is 3. The minimum absolute atomic E-state index is 0.0381. The Balaban J connectivity index is 0.000000181. The Kier molecular flexibility index (Phi) is 10.8. The molecule has 0 spiro atoms. The van der Waals surface area contributed by atoms with Crippen LogP contribution in [0, 0.1) is 46.8 Å². The molecular weight excluding hydrogens is 562 g/mol. The van der Waals surface area contributed by atoms with Gasteiger partial charge >= 0.3 is 23.9 Å². The molecule has 0 amide bonds. The molecule has 7 fully saturated rings. The summed E-state index contributed by atoms with van der Waals surface area (Å²) in [7, 11) is 0. The Morgan fingerprint density at radius 1 is 0.955 bits per heavy atom. The molecule has 6 saturated carbocycles. The van der Waals surface area contributed by atoms with E-state index in [1.54, 1.807) is 0 Å². The number of fused-ring (bicyclic) bond motifs is 2. The van der Waals surface area contributed by atoms with Gasteiger partial charge in [0.2, 0.25) is 0 Å². The number of ether oxygens (including phenoxy) is 3. The summed E-state index contributed by atoms with van der Waals surface area (Å²) in [5, 5.41) is 16.3. The number of carbonyl (C=O) groups is 4. The van der Waals surface area contributed by atoms with Crippen LogP contribution in [0.25, 0.3) is 0 Å². The van der Waals surface area contributed by atoms with Crippen molar-refractivity contribution in [2.45, 2.75) is 115 Å². The van der Waals surface area contributed by atoms with E-state index in [9.17, 15) is 19.2 Å². The van der Waals surface area contributed by atoms with E-state index in [1.165, 1.54) is 58.3 Å². The fourth-order valence-electron chi connectivity index (χ4n) is 8.24. The normalized spacial score (nSPS) is 34.9. The van der Waals surface area contributed by atoms with Gasteiger partial charge in [0.1, 0.15) is 17.8 Å². The third-order valence-electron chi connectivity index (χ3n) is 10.7. The molecule has 1 heterocycles. The molecule has 9 nitrogen and oxygen atoms in total. The van der Waals surface area contributed by atoms with Crippen LogP contribution in [-0.4, -0.2) is 46.8 Å². The molecule has 6 aliphatic carbocycles. The summed E-state index contributed by atoms with van der Waals surface area (Å²) in [6.45, 7) is 14.2. The molecule has 0 aromatic rings. The van der Waals surface area contributed by atoms with Crippen molar-refractivity contribution >= 4 is 23.9 Å². The van der Waals surface area contributed by atoms with Crippen LogP contribution < -0.4 is 0 Å². The summed E-state index contributed by atoms with van der Waals surface area (Å²) in [4.78, 5) is 44.4. The van der Waals surface area contributed by atoms with E-state index in [1.807, 2.05) is 6.07 Å². The zero-order valence-electron chi connectivity index (χ0n) is 26.2. The van der Waals surface area contributed by atoms with Gasteiger partial charge in [-0.15, -0.1) is 0 Å². The van der Waals surface area contributed by atoms with Crippen LogP contribution in [-0.2, 0) is 33.4 Å². The number of nitriles is 1. The maximum Gasteiger partial charge on any atom is 0.334 e. The average Bonchev–Trinajstić information content (AvgIpc) is 3.57. The van der Waals surface area contributed by atoms with Crippen molar-refractivity contribution in [3.8, 4) is 6.07 Å². The van der Waals surface area contributed by atoms with Crippen LogP contribution in [0.1, 0.15) is 97.3 Å². The number of hydrogen-bond acceptors (Lipinski definition) is 8. The minimum atomic E-state index is -0.935. The lowest BCUT2D eigenvalue weighted by Crippen LogP contribution is -2.58. The topological polar surface area (TPSA) is 140 Å². The number of carbonyl (C=O) groups excluding carboxylic acids is 3. The summed E-state index contributed by atoms with van der Waals surface area (Å²) in [6, 6.07) is 1.91. The van der Waals surface area contributed by atoms with Crippen LogP contribution in [0.2, 0.25) is 0 Å². The number of hydrogen-bond donors (Lipinski definition) is 1. The van der Waals surface area contributed by atoms with Gasteiger partial charge in [-0.3, -0.25) is 4.79 Å². The lowest BCUT2D eigenvalue weighted by molar-refractivity contribution is -0.199. The standard InChI is InChI=1S/C19H26O4.C12H15NO2.C4H6O2/c1-11(3-4-16-10-17(20)22-16)18(21)23-19(2)14-6-12-5-13(8-14)9-15(19)7-12;1-8(4-5-13)12(14)15-11-7-9-2-3-10(11)6-9;1-3(2)4(5)6/h12-16H,1,3-10H2,2H3;9-11H,1-4,6-7H2;1H2,2H3,(H,5,6). The van der Waals surface area contributed by atoms with Gasteiger partial charge in [-0.25, -0.2) is 14.4 Å². The Bertz CT molecular complexity index is 1180. The molecule has 1 N–H and O–H groups in total. The maximum absolute atomic E-state index is 12.5. The zero-order chi connectivity index (χ0) is 32.2. The number of carboxylic acids is 1. The summed E-state index contributed by atoms with van der Waals surface area (Å²) in [5.74, 6) is 2.40. The van der Waals surface area contributed by atoms with Crippen LogP contribution >= 0.6 is 0 Å². The van der Waals surface area contributed by atoms with Crippen LogP contribution in [0.4, 0.5) is 0 Å². The van der Waals surface area contributed by atoms with Crippen molar-refractivity contribution < 1.29 is 38.5 Å². The third-order valence-corrected chi connectivity index (χ3v) is 10.7. The summed E-state index contributed by atoms with van der Waals surface area (Å²) < 4.78 is 16.4. The molecule has 4 unspecified atom stereocenters. The molecule has 0 aromatic heterocycles. The van der Waals surface area contributed by atoms with Crippen molar-refractivity contribution in [3.05, 3.63) is 36.5 Å². The SMILES string of the molecule is C=C(C)C(=O)O.C=C(CC#N)C(=O)OC1CC2CCC1C2.C=C(CCC1CC(=O)O1)C(=O)OC1(C)C2CC3CC(C2)CC1C3. The highest BCUT2D eigenvalue weighted by atomic mass is 16.6. The predicted molar refractivity (Wildman–Crippen MR) is 162 cm³/mol. The number of rotatable bonds is 9. The first-order chi connectivity index (χ1) is 20.8. The Labute approximate surface area is 260 Å². The first kappa shape index (κ1) is 33.5. The molecule has 240 valence electrons. The predicted octanol–water partition coefficient (Wildman–Crippen LogP) is 6.23. The highest BCUT2D eigenvalue weighted by molar-refractivity contribution is 5.88. The van der Waals surface area contributed by atoms with Gasteiger partial charge in [0.15, 0.2) is 0 Å². The molecule has 1 aliphatic heterocycles. The van der Waals surface area contributed by atoms with Gasteiger partial charge in [-0.2, -0.15) is 5.26 Å². The van der Waals surface area contributed by atoms with Crippen molar-refractivity contribution in [1.82, 2.24) is 0 Å². The van der Waals surface area contributed by atoms with Crippen LogP contribution in [0.15, 0.2) is 36.5 Å². The Hall–Kier alpha value is -3.41. The fraction of sp³-hybridized carbons (Fsp3) is 0.686. The summed E-state index contributed by atoms with van der Waals surface area (Å²) in [5.41, 5.74) is 0.675. The average molecular weight is 610 g/mol. The van der Waals surface area contributed by atoms with Crippen molar-refractivity contribution in [2.75, 3.05) is 0 Å². The second-order valence-corrected chi connectivity index (χ2v) is 14.0. The van der Waals surface area contributed by atoms with E-state index < -0.39 is 5.97 Å². The lowest BCUT2D eigenvalue weighted by atomic mass is 9.50. The van der Waals surface area contributed by atoms with E-state index >= 15 is 0 Å². The zero-order valence-corrected chi connectivity index (χ0v) is 26.2. The molecular formula is C35H47NO8. The van der Waals surface area contributed by atoms with E-state index in [0.717, 1.165) is 24.2 Å². The van der Waals surface area contributed by atoms with Gasteiger partial charge in [-0.05, 0) is 120 Å². The molecule has 44 heavy (non-hydrogen) atoms. The first-order valence-electron chi connectivity index (χ1n) is 16.0. The quantitative estimate of drug-likeness (QED) is 0.183. The van der Waals surface area contributed by atoms with Crippen molar-refractivity contribution in [2.24, 2.45) is 35.5 Å². The molecule has 0 aromatic carbocycles. The number of cyclic esters (lactones) is 1. The molecule has 1 saturated heterocycles. The second kappa shape index (κ2) is 14.1. The number of carboxylic acid groups (broad SMARTS) is 1. The van der Waals surface area contributed by atoms with E-state index in [2.05, 4.69) is 26.7 Å². The monoisotopic (exact) mass is 609 g/mol. The van der Waals surface area contributed by atoms with Crippen molar-refractivity contribution in [3.63, 3.8) is 0 Å². The smallest absolute Gasteiger partial charge is 0.334 e. The Morgan fingerprint density at radius 3 is 2.00 bits per heavy atom. The highest BCUT2D eigenvalue weighted by Crippen LogP contribution is 2.59. The molecule has 0 radical (unpaired) electrons. The van der Waals surface area contributed by atoms with E-state index in [0.29, 0.717) is 42.6 Å². The Morgan fingerprint density at radius 2 is 1.55 bits per heavy atom.